The molecule has 0 aromatic heterocycles. The third-order valence-electron chi connectivity index (χ3n) is 3.52. The number of amides is 1. The topological polar surface area (TPSA) is 54.5 Å². The van der Waals surface area contributed by atoms with Crippen molar-refractivity contribution in [3.8, 4) is 0 Å². The maximum atomic E-state index is 13.5. The van der Waals surface area contributed by atoms with E-state index in [1.807, 2.05) is 0 Å². The molecule has 0 saturated heterocycles. The minimum atomic E-state index is -3.37. The van der Waals surface area contributed by atoms with Gasteiger partial charge in [0.1, 0.15) is 0 Å². The third-order valence-corrected chi connectivity index (χ3v) is 4.96. The highest BCUT2D eigenvalue weighted by Gasteiger charge is 2.24. The molecule has 25 heavy (non-hydrogen) atoms. The van der Waals surface area contributed by atoms with Gasteiger partial charge in [-0.2, -0.15) is 0 Å². The molecule has 0 bridgehead atoms. The number of hydrogen-bond acceptors (Lipinski definition) is 3. The van der Waals surface area contributed by atoms with Crippen LogP contribution in [0.1, 0.15) is 24.2 Å². The van der Waals surface area contributed by atoms with E-state index in [1.54, 1.807) is 13.8 Å². The molecule has 0 unspecified atom stereocenters. The minimum absolute atomic E-state index is 0.110. The van der Waals surface area contributed by atoms with E-state index in [4.69, 9.17) is 11.6 Å². The summed E-state index contributed by atoms with van der Waals surface area (Å²) < 4.78 is 49.8. The van der Waals surface area contributed by atoms with Crippen LogP contribution in [0.5, 0.6) is 0 Å². The molecule has 0 saturated carbocycles. The predicted molar refractivity (Wildman–Crippen MR) is 92.9 cm³/mol. The van der Waals surface area contributed by atoms with Gasteiger partial charge in [0.25, 0.3) is 5.91 Å². The number of anilines is 1. The van der Waals surface area contributed by atoms with Crippen molar-refractivity contribution in [1.82, 2.24) is 0 Å². The summed E-state index contributed by atoms with van der Waals surface area (Å²) in [4.78, 5) is 14.2. The van der Waals surface area contributed by atoms with Crippen LogP contribution in [0.4, 0.5) is 14.5 Å². The second kappa shape index (κ2) is 7.09. The van der Waals surface area contributed by atoms with Gasteiger partial charge in [0, 0.05) is 18.0 Å². The molecule has 0 spiro atoms. The quantitative estimate of drug-likeness (QED) is 0.743. The number of rotatable bonds is 4. The van der Waals surface area contributed by atoms with E-state index in [9.17, 15) is 22.0 Å². The molecule has 2 aromatic carbocycles. The SMILES string of the molecule is CC(C)N(C(=O)c1cc(F)c(F)cc1Cl)c1ccc(S(C)(=O)=O)cc1. The van der Waals surface area contributed by atoms with Gasteiger partial charge in [0.05, 0.1) is 15.5 Å². The van der Waals surface area contributed by atoms with E-state index in [0.717, 1.165) is 18.4 Å². The normalized spacial score (nSPS) is 11.6. The van der Waals surface area contributed by atoms with Crippen LogP contribution in [-0.2, 0) is 9.84 Å². The molecule has 0 aliphatic heterocycles. The van der Waals surface area contributed by atoms with E-state index < -0.39 is 27.4 Å². The number of sulfone groups is 1. The van der Waals surface area contributed by atoms with Crippen molar-refractivity contribution in [3.63, 3.8) is 0 Å². The van der Waals surface area contributed by atoms with Crippen LogP contribution in [0.25, 0.3) is 0 Å². The van der Waals surface area contributed by atoms with Crippen LogP contribution in [0.15, 0.2) is 41.3 Å². The van der Waals surface area contributed by atoms with Gasteiger partial charge in [-0.05, 0) is 50.2 Å². The maximum absolute atomic E-state index is 13.5. The summed E-state index contributed by atoms with van der Waals surface area (Å²) in [7, 11) is -3.37. The molecule has 2 aromatic rings. The molecule has 0 aliphatic carbocycles. The lowest BCUT2D eigenvalue weighted by Crippen LogP contribution is -2.37. The summed E-state index contributed by atoms with van der Waals surface area (Å²) in [6.07, 6.45) is 1.08. The number of nitrogens with zero attached hydrogens (tertiary/aromatic N) is 1. The monoisotopic (exact) mass is 387 g/mol. The highest BCUT2D eigenvalue weighted by atomic mass is 35.5. The first-order chi connectivity index (χ1) is 11.5. The smallest absolute Gasteiger partial charge is 0.260 e. The maximum Gasteiger partial charge on any atom is 0.260 e. The Morgan fingerprint density at radius 1 is 1.08 bits per heavy atom. The van der Waals surface area contributed by atoms with Crippen molar-refractivity contribution < 1.29 is 22.0 Å². The van der Waals surface area contributed by atoms with Gasteiger partial charge in [-0.3, -0.25) is 4.79 Å². The van der Waals surface area contributed by atoms with Crippen LogP contribution in [0.2, 0.25) is 5.02 Å². The van der Waals surface area contributed by atoms with Crippen molar-refractivity contribution >= 4 is 33.0 Å². The standard InChI is InChI=1S/C17H16ClF2NO3S/c1-10(2)21(11-4-6-12(7-5-11)25(3,23)24)17(22)13-8-15(19)16(20)9-14(13)18/h4-10H,1-3H3. The van der Waals surface area contributed by atoms with Gasteiger partial charge in [-0.25, -0.2) is 17.2 Å². The van der Waals surface area contributed by atoms with Crippen molar-refractivity contribution in [2.24, 2.45) is 0 Å². The summed E-state index contributed by atoms with van der Waals surface area (Å²) in [5.41, 5.74) is 0.231. The van der Waals surface area contributed by atoms with Crippen molar-refractivity contribution in [2.75, 3.05) is 11.2 Å². The minimum Gasteiger partial charge on any atom is -0.306 e. The first kappa shape index (κ1) is 19.3. The fourth-order valence-corrected chi connectivity index (χ4v) is 3.18. The molecule has 0 N–H and O–H groups in total. The molecular formula is C17H16ClF2NO3S. The average Bonchev–Trinajstić information content (AvgIpc) is 2.50. The summed E-state index contributed by atoms with van der Waals surface area (Å²) in [6.45, 7) is 3.46. The zero-order valence-corrected chi connectivity index (χ0v) is 15.3. The Morgan fingerprint density at radius 2 is 1.60 bits per heavy atom. The van der Waals surface area contributed by atoms with Crippen LogP contribution in [0, 0.1) is 11.6 Å². The van der Waals surface area contributed by atoms with E-state index in [2.05, 4.69) is 0 Å². The van der Waals surface area contributed by atoms with Gasteiger partial charge in [-0.15, -0.1) is 0 Å². The van der Waals surface area contributed by atoms with Crippen molar-refractivity contribution in [2.45, 2.75) is 24.8 Å². The lowest BCUT2D eigenvalue weighted by Gasteiger charge is -2.27. The molecule has 1 amide bonds. The van der Waals surface area contributed by atoms with Gasteiger partial charge in [0.2, 0.25) is 0 Å². The molecule has 8 heteroatoms. The van der Waals surface area contributed by atoms with Crippen LogP contribution < -0.4 is 4.90 Å². The molecule has 134 valence electrons. The molecule has 0 atom stereocenters. The number of carbonyl (C=O) groups excluding carboxylic acids is 1. The van der Waals surface area contributed by atoms with Crippen LogP contribution in [0.3, 0.4) is 0 Å². The molecule has 0 radical (unpaired) electrons. The second-order valence-electron chi connectivity index (χ2n) is 5.78. The highest BCUT2D eigenvalue weighted by Crippen LogP contribution is 2.26. The lowest BCUT2D eigenvalue weighted by molar-refractivity contribution is 0.0980. The molecule has 0 aliphatic rings. The van der Waals surface area contributed by atoms with Gasteiger partial charge < -0.3 is 4.90 Å². The summed E-state index contributed by atoms with van der Waals surface area (Å²) in [5, 5.41) is -0.206. The fraction of sp³-hybridized carbons (Fsp3) is 0.235. The zero-order valence-electron chi connectivity index (χ0n) is 13.8. The van der Waals surface area contributed by atoms with Crippen molar-refractivity contribution in [1.29, 1.82) is 0 Å². The van der Waals surface area contributed by atoms with E-state index >= 15 is 0 Å². The van der Waals surface area contributed by atoms with E-state index in [0.29, 0.717) is 5.69 Å². The molecule has 0 fully saturated rings. The Morgan fingerprint density at radius 3 is 2.08 bits per heavy atom. The predicted octanol–water partition coefficient (Wildman–Crippen LogP) is 4.08. The molecule has 2 rings (SSSR count). The zero-order chi connectivity index (χ0) is 18.9. The third kappa shape index (κ3) is 4.16. The van der Waals surface area contributed by atoms with E-state index in [-0.39, 0.29) is 21.5 Å². The molecule has 4 nitrogen and oxygen atoms in total. The first-order valence-corrected chi connectivity index (χ1v) is 9.57. The Hall–Kier alpha value is -1.99. The number of hydrogen-bond donors (Lipinski definition) is 0. The average molecular weight is 388 g/mol. The van der Waals surface area contributed by atoms with Crippen LogP contribution >= 0.6 is 11.6 Å². The Labute approximate surface area is 149 Å². The first-order valence-electron chi connectivity index (χ1n) is 7.30. The lowest BCUT2D eigenvalue weighted by atomic mass is 10.1. The number of benzene rings is 2. The molecular weight excluding hydrogens is 372 g/mol. The summed E-state index contributed by atoms with van der Waals surface area (Å²) >= 11 is 5.88. The number of halogens is 3. The summed E-state index contributed by atoms with van der Waals surface area (Å²) in [6, 6.07) is 6.86. The number of carbonyl (C=O) groups is 1. The van der Waals surface area contributed by atoms with Gasteiger partial charge >= 0.3 is 0 Å². The highest BCUT2D eigenvalue weighted by molar-refractivity contribution is 7.90. The van der Waals surface area contributed by atoms with Crippen LogP contribution in [-0.4, -0.2) is 26.6 Å². The fourth-order valence-electron chi connectivity index (χ4n) is 2.32. The van der Waals surface area contributed by atoms with E-state index in [1.165, 1.54) is 29.2 Å². The molecule has 0 heterocycles. The summed E-state index contributed by atoms with van der Waals surface area (Å²) in [5.74, 6) is -2.94. The second-order valence-corrected chi connectivity index (χ2v) is 8.20. The Balaban J connectivity index is 2.48. The van der Waals surface area contributed by atoms with Gasteiger partial charge in [0.15, 0.2) is 21.5 Å². The largest absolute Gasteiger partial charge is 0.306 e. The Bertz CT molecular complexity index is 912. The Kier molecular flexibility index (Phi) is 5.49. The van der Waals surface area contributed by atoms with Gasteiger partial charge in [-0.1, -0.05) is 11.6 Å². The van der Waals surface area contributed by atoms with Crippen molar-refractivity contribution in [3.05, 3.63) is 58.6 Å².